The third kappa shape index (κ3) is 5.96. The average Bonchev–Trinajstić information content (AvgIpc) is 3.26. The molecule has 0 aliphatic carbocycles. The fourth-order valence-corrected chi connectivity index (χ4v) is 5.12. The second-order valence-electron chi connectivity index (χ2n) is 8.13. The lowest BCUT2D eigenvalue weighted by Crippen LogP contribution is -2.40. The third-order valence-corrected chi connectivity index (χ3v) is 7.15. The number of ether oxygens (including phenoxy) is 2. The van der Waals surface area contributed by atoms with Crippen LogP contribution in [0.1, 0.15) is 18.2 Å². The number of nitrogens with zero attached hydrogens (tertiary/aromatic N) is 3. The number of amides is 1. The molecule has 2 aromatic carbocycles. The fourth-order valence-electron chi connectivity index (χ4n) is 3.99. The maximum Gasteiger partial charge on any atom is 0.219 e. The molecule has 5 rings (SSSR count). The molecule has 0 radical (unpaired) electrons. The van der Waals surface area contributed by atoms with E-state index < -0.39 is 0 Å². The quantitative estimate of drug-likeness (QED) is 0.307. The zero-order valence-corrected chi connectivity index (χ0v) is 21.2. The van der Waals surface area contributed by atoms with E-state index in [0.717, 1.165) is 44.3 Å². The van der Waals surface area contributed by atoms with Gasteiger partial charge in [0, 0.05) is 48.0 Å². The highest BCUT2D eigenvalue weighted by Crippen LogP contribution is 2.33. The lowest BCUT2D eigenvalue weighted by atomic mass is 10.1. The number of thiazole rings is 1. The molecule has 180 valence electrons. The normalized spacial score (nSPS) is 15.1. The van der Waals surface area contributed by atoms with Crippen molar-refractivity contribution in [1.29, 1.82) is 0 Å². The summed E-state index contributed by atoms with van der Waals surface area (Å²) < 4.78 is 13.7. The van der Waals surface area contributed by atoms with Crippen LogP contribution in [0.5, 0.6) is 11.5 Å². The van der Waals surface area contributed by atoms with Crippen LogP contribution >= 0.6 is 27.3 Å². The minimum Gasteiger partial charge on any atom is -0.457 e. The Bertz CT molecular complexity index is 1320. The summed E-state index contributed by atoms with van der Waals surface area (Å²) in [6.07, 6.45) is 1.89. The van der Waals surface area contributed by atoms with Crippen LogP contribution in [0.3, 0.4) is 0 Å². The number of benzene rings is 2. The first-order valence-electron chi connectivity index (χ1n) is 11.2. The van der Waals surface area contributed by atoms with Crippen molar-refractivity contribution in [3.8, 4) is 11.5 Å². The van der Waals surface area contributed by atoms with Gasteiger partial charge in [-0.05, 0) is 42.5 Å². The molecule has 3 heterocycles. The van der Waals surface area contributed by atoms with Crippen molar-refractivity contribution in [3.05, 3.63) is 71.0 Å². The van der Waals surface area contributed by atoms with E-state index in [0.29, 0.717) is 24.7 Å². The Morgan fingerprint density at radius 1 is 1.14 bits per heavy atom. The number of carbonyl (C=O) groups is 1. The Morgan fingerprint density at radius 2 is 1.91 bits per heavy atom. The van der Waals surface area contributed by atoms with Crippen molar-refractivity contribution >= 4 is 54.2 Å². The minimum atomic E-state index is -0.365. The Hall–Kier alpha value is -3.05. The summed E-state index contributed by atoms with van der Waals surface area (Å²) in [5, 5.41) is 4.15. The molecule has 4 aromatic rings. The monoisotopic (exact) mass is 553 g/mol. The molecule has 1 unspecified atom stereocenters. The van der Waals surface area contributed by atoms with Crippen molar-refractivity contribution in [2.24, 2.45) is 5.73 Å². The second-order valence-corrected chi connectivity index (χ2v) is 10.1. The van der Waals surface area contributed by atoms with Crippen LogP contribution in [0.25, 0.3) is 10.2 Å². The van der Waals surface area contributed by atoms with Crippen molar-refractivity contribution in [2.45, 2.75) is 12.5 Å². The van der Waals surface area contributed by atoms with Crippen LogP contribution < -0.4 is 15.8 Å². The maximum absolute atomic E-state index is 11.8. The molecule has 0 spiro atoms. The van der Waals surface area contributed by atoms with Crippen LogP contribution in [-0.2, 0) is 9.53 Å². The van der Waals surface area contributed by atoms with Gasteiger partial charge in [0.2, 0.25) is 5.91 Å². The molecular formula is C25H24BrN5O3S. The van der Waals surface area contributed by atoms with Gasteiger partial charge in [0.1, 0.15) is 11.5 Å². The van der Waals surface area contributed by atoms with E-state index in [9.17, 15) is 4.79 Å². The number of nitrogens with two attached hydrogens (primary N) is 1. The zero-order chi connectivity index (χ0) is 24.2. The molecule has 10 heteroatoms. The topological polar surface area (TPSA) is 103 Å². The number of pyridine rings is 1. The summed E-state index contributed by atoms with van der Waals surface area (Å²) in [4.78, 5) is 23.2. The van der Waals surface area contributed by atoms with Crippen LogP contribution in [-0.4, -0.2) is 47.1 Å². The van der Waals surface area contributed by atoms with E-state index in [4.69, 9.17) is 20.2 Å². The van der Waals surface area contributed by atoms with E-state index in [1.54, 1.807) is 23.6 Å². The highest BCUT2D eigenvalue weighted by molar-refractivity contribution is 9.10. The van der Waals surface area contributed by atoms with E-state index in [2.05, 4.69) is 31.1 Å². The molecule has 35 heavy (non-hydrogen) atoms. The lowest BCUT2D eigenvalue weighted by molar-refractivity contribution is -0.119. The minimum absolute atomic E-state index is 0.190. The Morgan fingerprint density at radius 3 is 2.69 bits per heavy atom. The van der Waals surface area contributed by atoms with Crippen LogP contribution in [0, 0.1) is 0 Å². The van der Waals surface area contributed by atoms with Gasteiger partial charge in [0.15, 0.2) is 5.13 Å². The number of primary amides is 1. The Kier molecular flexibility index (Phi) is 7.24. The third-order valence-electron chi connectivity index (χ3n) is 5.67. The van der Waals surface area contributed by atoms with E-state index in [-0.39, 0.29) is 18.4 Å². The van der Waals surface area contributed by atoms with Gasteiger partial charge in [0.25, 0.3) is 0 Å². The largest absolute Gasteiger partial charge is 0.457 e. The summed E-state index contributed by atoms with van der Waals surface area (Å²) >= 11 is 5.03. The number of fused-ring (bicyclic) bond motifs is 1. The van der Waals surface area contributed by atoms with E-state index in [1.807, 2.05) is 48.5 Å². The molecule has 3 N–H and O–H groups in total. The number of hydrogen-bond acceptors (Lipinski definition) is 8. The van der Waals surface area contributed by atoms with Gasteiger partial charge in [0.05, 0.1) is 35.2 Å². The first kappa shape index (κ1) is 23.7. The molecule has 1 aliphatic heterocycles. The Balaban J connectivity index is 1.34. The summed E-state index contributed by atoms with van der Waals surface area (Å²) in [7, 11) is 0. The van der Waals surface area contributed by atoms with Gasteiger partial charge in [-0.25, -0.2) is 4.98 Å². The standard InChI is InChI=1S/C25H24BrN5O3S/c26-16-1-3-17(4-2-16)29-25-30-21-14-18(5-6-23(21)35-25)34-19-7-8-28-20(13-19)22(15-24(27)32)31-9-11-33-12-10-31/h1-8,13-14,22H,9-12,15H2,(H2,27,32)(H,29,30). The molecule has 1 atom stereocenters. The lowest BCUT2D eigenvalue weighted by Gasteiger charge is -2.33. The smallest absolute Gasteiger partial charge is 0.219 e. The predicted molar refractivity (Wildman–Crippen MR) is 140 cm³/mol. The van der Waals surface area contributed by atoms with Gasteiger partial charge < -0.3 is 20.5 Å². The molecule has 1 saturated heterocycles. The number of nitrogens with one attached hydrogen (secondary N) is 1. The number of aromatic nitrogens is 2. The summed E-state index contributed by atoms with van der Waals surface area (Å²) in [6.45, 7) is 2.69. The molecule has 0 saturated carbocycles. The SMILES string of the molecule is NC(=O)CC(c1cc(Oc2ccc3sc(Nc4ccc(Br)cc4)nc3c2)ccn1)N1CCOCC1. The summed E-state index contributed by atoms with van der Waals surface area (Å²) in [5.41, 5.74) is 8.11. The first-order valence-corrected chi connectivity index (χ1v) is 12.8. The number of rotatable bonds is 8. The van der Waals surface area contributed by atoms with Gasteiger partial charge >= 0.3 is 0 Å². The molecule has 2 aromatic heterocycles. The van der Waals surface area contributed by atoms with Gasteiger partial charge in [-0.3, -0.25) is 14.7 Å². The summed E-state index contributed by atoms with van der Waals surface area (Å²) in [6, 6.07) is 17.3. The highest BCUT2D eigenvalue weighted by Gasteiger charge is 2.25. The number of morpholine rings is 1. The van der Waals surface area contributed by atoms with E-state index in [1.165, 1.54) is 0 Å². The van der Waals surface area contributed by atoms with Crippen molar-refractivity contribution in [3.63, 3.8) is 0 Å². The molecule has 1 amide bonds. The molecular weight excluding hydrogens is 530 g/mol. The van der Waals surface area contributed by atoms with Crippen molar-refractivity contribution < 1.29 is 14.3 Å². The number of anilines is 2. The molecule has 1 aliphatic rings. The Labute approximate surface area is 215 Å². The molecule has 0 bridgehead atoms. The van der Waals surface area contributed by atoms with Crippen LogP contribution in [0.4, 0.5) is 10.8 Å². The average molecular weight is 554 g/mol. The van der Waals surface area contributed by atoms with Crippen molar-refractivity contribution in [1.82, 2.24) is 14.9 Å². The second kappa shape index (κ2) is 10.7. The number of carbonyl (C=O) groups excluding carboxylic acids is 1. The van der Waals surface area contributed by atoms with Gasteiger partial charge in [-0.2, -0.15) is 0 Å². The van der Waals surface area contributed by atoms with E-state index >= 15 is 0 Å². The number of halogens is 1. The fraction of sp³-hybridized carbons (Fsp3) is 0.240. The predicted octanol–water partition coefficient (Wildman–Crippen LogP) is 5.24. The molecule has 8 nitrogen and oxygen atoms in total. The summed E-state index contributed by atoms with van der Waals surface area (Å²) in [5.74, 6) is 0.949. The molecule has 1 fully saturated rings. The van der Waals surface area contributed by atoms with Gasteiger partial charge in [-0.15, -0.1) is 0 Å². The van der Waals surface area contributed by atoms with Crippen LogP contribution in [0.2, 0.25) is 0 Å². The zero-order valence-electron chi connectivity index (χ0n) is 18.8. The first-order chi connectivity index (χ1) is 17.0. The van der Waals surface area contributed by atoms with Crippen LogP contribution in [0.15, 0.2) is 65.3 Å². The maximum atomic E-state index is 11.8. The highest BCUT2D eigenvalue weighted by atomic mass is 79.9. The van der Waals surface area contributed by atoms with Crippen molar-refractivity contribution in [2.75, 3.05) is 31.6 Å². The van der Waals surface area contributed by atoms with Gasteiger partial charge in [-0.1, -0.05) is 27.3 Å². The number of hydrogen-bond donors (Lipinski definition) is 2.